The molecule has 84 valence electrons. The Morgan fingerprint density at radius 3 is 3.07 bits per heavy atom. The van der Waals surface area contributed by atoms with Crippen LogP contribution in [0.2, 0.25) is 5.02 Å². The molecule has 0 aliphatic rings. The van der Waals surface area contributed by atoms with Crippen molar-refractivity contribution in [2.45, 2.75) is 6.42 Å². The second kappa shape index (κ2) is 6.02. The Labute approximate surface area is 98.0 Å². The van der Waals surface area contributed by atoms with Gasteiger partial charge in [-0.25, -0.2) is 4.68 Å². The van der Waals surface area contributed by atoms with Gasteiger partial charge in [-0.15, -0.1) is 0 Å². The molecule has 0 saturated heterocycles. The molecule has 0 amide bonds. The number of hydrogen-bond donors (Lipinski definition) is 1. The number of nitrogens with zero attached hydrogens (tertiary/aromatic N) is 2. The van der Waals surface area contributed by atoms with E-state index in [1.807, 2.05) is 0 Å². The van der Waals surface area contributed by atoms with Gasteiger partial charge in [-0.05, 0) is 18.4 Å². The van der Waals surface area contributed by atoms with Crippen LogP contribution in [0.4, 0.5) is 5.69 Å². The Bertz CT molecular complexity index is 380. The molecule has 0 unspecified atom stereocenters. The van der Waals surface area contributed by atoms with Crippen molar-refractivity contribution in [2.75, 3.05) is 23.9 Å². The van der Waals surface area contributed by atoms with Crippen LogP contribution in [0.5, 0.6) is 0 Å². The third-order valence-electron chi connectivity index (χ3n) is 1.92. The van der Waals surface area contributed by atoms with Gasteiger partial charge in [0.1, 0.15) is 5.02 Å². The summed E-state index contributed by atoms with van der Waals surface area (Å²) in [5.41, 5.74) is 0.340. The van der Waals surface area contributed by atoms with Crippen molar-refractivity contribution >= 4 is 29.1 Å². The molecular formula is C9H14ClN3OS. The van der Waals surface area contributed by atoms with E-state index >= 15 is 0 Å². The van der Waals surface area contributed by atoms with Gasteiger partial charge in [0.2, 0.25) is 0 Å². The maximum absolute atomic E-state index is 11.4. The van der Waals surface area contributed by atoms with Crippen molar-refractivity contribution in [3.05, 3.63) is 21.6 Å². The van der Waals surface area contributed by atoms with Crippen LogP contribution in [0.3, 0.4) is 0 Å². The lowest BCUT2D eigenvalue weighted by Crippen LogP contribution is -2.21. The summed E-state index contributed by atoms with van der Waals surface area (Å²) in [5, 5.41) is 7.19. The van der Waals surface area contributed by atoms with Crippen LogP contribution in [0, 0.1) is 0 Å². The van der Waals surface area contributed by atoms with Crippen LogP contribution < -0.4 is 10.9 Å². The standard InChI is InChI=1S/C9H14ClN3OS/c1-13-9(14)8(10)7(6-12-13)11-4-3-5-15-2/h6,11H,3-5H2,1-2H3. The van der Waals surface area contributed by atoms with E-state index < -0.39 is 0 Å². The number of hydrogen-bond acceptors (Lipinski definition) is 4. The first-order chi connectivity index (χ1) is 7.16. The molecule has 4 nitrogen and oxygen atoms in total. The molecule has 0 atom stereocenters. The van der Waals surface area contributed by atoms with E-state index in [-0.39, 0.29) is 10.6 Å². The number of thioether (sulfide) groups is 1. The zero-order valence-electron chi connectivity index (χ0n) is 8.79. The number of aryl methyl sites for hydroxylation is 1. The largest absolute Gasteiger partial charge is 0.382 e. The summed E-state index contributed by atoms with van der Waals surface area (Å²) in [6, 6.07) is 0. The van der Waals surface area contributed by atoms with Gasteiger partial charge in [0.25, 0.3) is 5.56 Å². The Morgan fingerprint density at radius 1 is 1.67 bits per heavy atom. The average Bonchev–Trinajstić information content (AvgIpc) is 2.24. The molecule has 0 aliphatic carbocycles. The van der Waals surface area contributed by atoms with E-state index in [1.165, 1.54) is 4.68 Å². The molecule has 1 heterocycles. The molecule has 1 rings (SSSR count). The highest BCUT2D eigenvalue weighted by molar-refractivity contribution is 7.98. The molecule has 1 aromatic heterocycles. The van der Waals surface area contributed by atoms with E-state index in [0.29, 0.717) is 5.69 Å². The normalized spacial score (nSPS) is 10.3. The summed E-state index contributed by atoms with van der Waals surface area (Å²) < 4.78 is 1.22. The highest BCUT2D eigenvalue weighted by atomic mass is 35.5. The fraction of sp³-hybridized carbons (Fsp3) is 0.556. The summed E-state index contributed by atoms with van der Waals surface area (Å²) in [6.45, 7) is 0.801. The first-order valence-electron chi connectivity index (χ1n) is 4.61. The molecule has 6 heteroatoms. The van der Waals surface area contributed by atoms with Crippen LogP contribution in [-0.4, -0.2) is 28.3 Å². The summed E-state index contributed by atoms with van der Waals surface area (Å²) in [7, 11) is 1.58. The van der Waals surface area contributed by atoms with Crippen LogP contribution in [0.25, 0.3) is 0 Å². The van der Waals surface area contributed by atoms with Crippen molar-refractivity contribution in [1.82, 2.24) is 9.78 Å². The quantitative estimate of drug-likeness (QED) is 0.803. The van der Waals surface area contributed by atoms with Gasteiger partial charge in [0.05, 0.1) is 11.9 Å². The Hall–Kier alpha value is -0.680. The van der Waals surface area contributed by atoms with Crippen molar-refractivity contribution in [3.8, 4) is 0 Å². The van der Waals surface area contributed by atoms with E-state index in [4.69, 9.17) is 11.6 Å². The predicted molar refractivity (Wildman–Crippen MR) is 66.0 cm³/mol. The average molecular weight is 248 g/mol. The van der Waals surface area contributed by atoms with Crippen LogP contribution in [0.1, 0.15) is 6.42 Å². The molecule has 0 spiro atoms. The highest BCUT2D eigenvalue weighted by Gasteiger charge is 2.05. The lowest BCUT2D eigenvalue weighted by molar-refractivity contribution is 0.708. The molecule has 0 aliphatic heterocycles. The van der Waals surface area contributed by atoms with Crippen molar-refractivity contribution in [1.29, 1.82) is 0 Å². The van der Waals surface area contributed by atoms with E-state index in [0.717, 1.165) is 18.7 Å². The van der Waals surface area contributed by atoms with Gasteiger partial charge in [-0.1, -0.05) is 11.6 Å². The van der Waals surface area contributed by atoms with Crippen molar-refractivity contribution in [2.24, 2.45) is 7.05 Å². The molecule has 0 saturated carbocycles. The second-order valence-corrected chi connectivity index (χ2v) is 4.44. The lowest BCUT2D eigenvalue weighted by atomic mass is 10.4. The first kappa shape index (κ1) is 12.4. The zero-order valence-corrected chi connectivity index (χ0v) is 10.4. The van der Waals surface area contributed by atoms with Crippen molar-refractivity contribution in [3.63, 3.8) is 0 Å². The number of aromatic nitrogens is 2. The first-order valence-corrected chi connectivity index (χ1v) is 6.38. The Kier molecular flexibility index (Phi) is 4.98. The molecule has 0 radical (unpaired) electrons. The maximum Gasteiger partial charge on any atom is 0.287 e. The monoisotopic (exact) mass is 247 g/mol. The fourth-order valence-corrected chi connectivity index (χ4v) is 1.74. The van der Waals surface area contributed by atoms with Gasteiger partial charge in [0.15, 0.2) is 0 Å². The molecule has 0 bridgehead atoms. The Morgan fingerprint density at radius 2 is 2.40 bits per heavy atom. The smallest absolute Gasteiger partial charge is 0.287 e. The summed E-state index contributed by atoms with van der Waals surface area (Å²) in [5.74, 6) is 1.09. The van der Waals surface area contributed by atoms with Gasteiger partial charge < -0.3 is 5.32 Å². The minimum atomic E-state index is -0.272. The number of rotatable bonds is 5. The van der Waals surface area contributed by atoms with Gasteiger partial charge in [0, 0.05) is 13.6 Å². The second-order valence-electron chi connectivity index (χ2n) is 3.07. The molecule has 0 fully saturated rings. The summed E-state index contributed by atoms with van der Waals surface area (Å²) in [4.78, 5) is 11.4. The van der Waals surface area contributed by atoms with Gasteiger partial charge in [-0.2, -0.15) is 16.9 Å². The van der Waals surface area contributed by atoms with Gasteiger partial charge >= 0.3 is 0 Å². The topological polar surface area (TPSA) is 46.9 Å². The van der Waals surface area contributed by atoms with E-state index in [9.17, 15) is 4.79 Å². The van der Waals surface area contributed by atoms with Crippen molar-refractivity contribution < 1.29 is 0 Å². The van der Waals surface area contributed by atoms with Crippen LogP contribution in [0.15, 0.2) is 11.0 Å². The number of nitrogens with one attached hydrogen (secondary N) is 1. The minimum absolute atomic E-state index is 0.205. The molecular weight excluding hydrogens is 234 g/mol. The molecule has 15 heavy (non-hydrogen) atoms. The summed E-state index contributed by atoms with van der Waals surface area (Å²) in [6.07, 6.45) is 4.67. The highest BCUT2D eigenvalue weighted by Crippen LogP contribution is 2.14. The third kappa shape index (κ3) is 3.43. The zero-order chi connectivity index (χ0) is 11.3. The summed E-state index contributed by atoms with van der Waals surface area (Å²) >= 11 is 7.66. The predicted octanol–water partition coefficient (Wildman–Crippen LogP) is 1.60. The maximum atomic E-state index is 11.4. The number of halogens is 1. The molecule has 0 aromatic carbocycles. The number of anilines is 1. The third-order valence-corrected chi connectivity index (χ3v) is 2.98. The fourth-order valence-electron chi connectivity index (χ4n) is 1.07. The molecule has 1 N–H and O–H groups in total. The van der Waals surface area contributed by atoms with E-state index in [1.54, 1.807) is 25.0 Å². The van der Waals surface area contributed by atoms with Gasteiger partial charge in [-0.3, -0.25) is 4.79 Å². The SMILES string of the molecule is CSCCCNc1cnn(C)c(=O)c1Cl. The molecule has 1 aromatic rings. The van der Waals surface area contributed by atoms with Crippen LogP contribution >= 0.6 is 23.4 Å². The van der Waals surface area contributed by atoms with Crippen LogP contribution in [-0.2, 0) is 7.05 Å². The lowest BCUT2D eigenvalue weighted by Gasteiger charge is -2.07. The van der Waals surface area contributed by atoms with E-state index in [2.05, 4.69) is 16.7 Å². The Balaban J connectivity index is 2.62. The minimum Gasteiger partial charge on any atom is -0.382 e.